The summed E-state index contributed by atoms with van der Waals surface area (Å²) >= 11 is 0. The second-order valence-electron chi connectivity index (χ2n) is 8.48. The van der Waals surface area contributed by atoms with E-state index in [0.29, 0.717) is 5.92 Å². The lowest BCUT2D eigenvalue weighted by Crippen LogP contribution is -2.37. The molecule has 2 aliphatic rings. The van der Waals surface area contributed by atoms with E-state index >= 15 is 0 Å². The van der Waals surface area contributed by atoms with E-state index in [1.807, 2.05) is 19.2 Å². The molecule has 0 saturated carbocycles. The van der Waals surface area contributed by atoms with Crippen molar-refractivity contribution in [3.63, 3.8) is 0 Å². The molecule has 4 heteroatoms. The third kappa shape index (κ3) is 4.12. The van der Waals surface area contributed by atoms with Gasteiger partial charge < -0.3 is 19.7 Å². The molecule has 0 aromatic heterocycles. The number of piperidine rings is 1. The van der Waals surface area contributed by atoms with E-state index in [1.54, 1.807) is 14.2 Å². The van der Waals surface area contributed by atoms with Crippen molar-refractivity contribution in [2.45, 2.75) is 32.1 Å². The number of benzene rings is 2. The predicted molar refractivity (Wildman–Crippen MR) is 125 cm³/mol. The fourth-order valence-corrected chi connectivity index (χ4v) is 4.94. The molecular formula is C26H34N2O2. The molecule has 1 N–H and O–H groups in total. The number of ether oxygens (including phenoxy) is 2. The van der Waals surface area contributed by atoms with Gasteiger partial charge in [-0.05, 0) is 98.3 Å². The fourth-order valence-electron chi connectivity index (χ4n) is 4.94. The van der Waals surface area contributed by atoms with Crippen molar-refractivity contribution in [2.24, 2.45) is 0 Å². The van der Waals surface area contributed by atoms with Gasteiger partial charge in [-0.3, -0.25) is 0 Å². The molecule has 0 radical (unpaired) electrons. The highest BCUT2D eigenvalue weighted by Gasteiger charge is 2.25. The van der Waals surface area contributed by atoms with E-state index in [9.17, 15) is 0 Å². The highest BCUT2D eigenvalue weighted by molar-refractivity contribution is 5.97. The topological polar surface area (TPSA) is 33.7 Å². The summed E-state index contributed by atoms with van der Waals surface area (Å²) in [5.74, 6) is 2.45. The van der Waals surface area contributed by atoms with E-state index in [0.717, 1.165) is 36.6 Å². The number of methoxy groups -OCH3 is 2. The first-order valence-corrected chi connectivity index (χ1v) is 11.1. The van der Waals surface area contributed by atoms with E-state index in [-0.39, 0.29) is 0 Å². The summed E-state index contributed by atoms with van der Waals surface area (Å²) in [7, 11) is 5.49. The van der Waals surface area contributed by atoms with Crippen LogP contribution in [0.1, 0.15) is 47.9 Å². The zero-order valence-electron chi connectivity index (χ0n) is 18.8. The number of hydrogen-bond donors (Lipinski definition) is 1. The SMILES string of the molecule is CNCCN1CCC(c2ccc3c(c2)C(C)=C(c2cc(OC)ccc2OC)C3)CC1. The number of nitrogens with zero attached hydrogens (tertiary/aromatic N) is 1. The predicted octanol–water partition coefficient (Wildman–Crippen LogP) is 4.59. The molecule has 4 nitrogen and oxygen atoms in total. The van der Waals surface area contributed by atoms with Gasteiger partial charge in [0, 0.05) is 18.7 Å². The number of likely N-dealkylation sites (N-methyl/N-ethyl adjacent to an activating group) is 1. The van der Waals surface area contributed by atoms with Gasteiger partial charge in [0.15, 0.2) is 0 Å². The maximum atomic E-state index is 5.66. The van der Waals surface area contributed by atoms with Crippen molar-refractivity contribution >= 4 is 11.1 Å². The standard InChI is InChI=1S/C26H34N2O2/c1-18-23-15-20(19-9-12-28(13-10-19)14-11-27-2)5-6-21(23)16-24(18)25-17-22(29-3)7-8-26(25)30-4/h5-8,15,17,19,27H,9-14,16H2,1-4H3. The Morgan fingerprint density at radius 1 is 1.00 bits per heavy atom. The Balaban J connectivity index is 1.57. The maximum absolute atomic E-state index is 5.66. The van der Waals surface area contributed by atoms with Crippen LogP contribution in [0.2, 0.25) is 0 Å². The van der Waals surface area contributed by atoms with Crippen molar-refractivity contribution in [1.82, 2.24) is 10.2 Å². The van der Waals surface area contributed by atoms with Gasteiger partial charge in [0.05, 0.1) is 14.2 Å². The van der Waals surface area contributed by atoms with Gasteiger partial charge in [-0.15, -0.1) is 0 Å². The first-order valence-electron chi connectivity index (χ1n) is 11.1. The summed E-state index contributed by atoms with van der Waals surface area (Å²) in [6.45, 7) is 6.88. The van der Waals surface area contributed by atoms with E-state index in [1.165, 1.54) is 53.8 Å². The lowest BCUT2D eigenvalue weighted by Gasteiger charge is -2.32. The minimum atomic E-state index is 0.671. The first kappa shape index (κ1) is 21.0. The zero-order chi connectivity index (χ0) is 21.1. The lowest BCUT2D eigenvalue weighted by molar-refractivity contribution is 0.214. The Hall–Kier alpha value is -2.30. The van der Waals surface area contributed by atoms with Gasteiger partial charge in [0.25, 0.3) is 0 Å². The van der Waals surface area contributed by atoms with Crippen LogP contribution >= 0.6 is 0 Å². The molecule has 4 rings (SSSR count). The van der Waals surface area contributed by atoms with Gasteiger partial charge >= 0.3 is 0 Å². The zero-order valence-corrected chi connectivity index (χ0v) is 18.8. The first-order chi connectivity index (χ1) is 14.6. The van der Waals surface area contributed by atoms with Gasteiger partial charge in [0.2, 0.25) is 0 Å². The van der Waals surface area contributed by atoms with Crippen LogP contribution in [0.5, 0.6) is 11.5 Å². The molecule has 2 aromatic carbocycles. The quantitative estimate of drug-likeness (QED) is 0.729. The second-order valence-corrected chi connectivity index (χ2v) is 8.48. The molecule has 0 unspecified atom stereocenters. The minimum absolute atomic E-state index is 0.671. The molecule has 1 fully saturated rings. The fraction of sp³-hybridized carbons (Fsp3) is 0.462. The average molecular weight is 407 g/mol. The normalized spacial score (nSPS) is 17.3. The molecule has 1 aliphatic heterocycles. The van der Waals surface area contributed by atoms with Gasteiger partial charge in [-0.25, -0.2) is 0 Å². The molecular weight excluding hydrogens is 372 g/mol. The number of allylic oxidation sites excluding steroid dienone is 2. The minimum Gasteiger partial charge on any atom is -0.497 e. The van der Waals surface area contributed by atoms with Gasteiger partial charge in [0.1, 0.15) is 11.5 Å². The number of hydrogen-bond acceptors (Lipinski definition) is 4. The Kier molecular flexibility index (Phi) is 6.45. The molecule has 0 bridgehead atoms. The van der Waals surface area contributed by atoms with Crippen molar-refractivity contribution in [3.05, 3.63) is 58.7 Å². The third-order valence-corrected chi connectivity index (χ3v) is 6.83. The molecule has 160 valence electrons. The van der Waals surface area contributed by atoms with Gasteiger partial charge in [-0.2, -0.15) is 0 Å². The van der Waals surface area contributed by atoms with Crippen molar-refractivity contribution < 1.29 is 9.47 Å². The summed E-state index contributed by atoms with van der Waals surface area (Å²) in [5.41, 5.74) is 8.18. The summed E-state index contributed by atoms with van der Waals surface area (Å²) in [5, 5.41) is 3.26. The van der Waals surface area contributed by atoms with Crippen LogP contribution in [0.4, 0.5) is 0 Å². The Labute approximate surface area is 180 Å². The Bertz CT molecular complexity index is 927. The number of nitrogens with one attached hydrogen (secondary N) is 1. The molecule has 0 spiro atoms. The average Bonchev–Trinajstić information content (AvgIpc) is 3.13. The van der Waals surface area contributed by atoms with Crippen molar-refractivity contribution in [2.75, 3.05) is 47.4 Å². The monoisotopic (exact) mass is 406 g/mol. The van der Waals surface area contributed by atoms with Gasteiger partial charge in [-0.1, -0.05) is 18.2 Å². The molecule has 1 saturated heterocycles. The second kappa shape index (κ2) is 9.23. The molecule has 1 aliphatic carbocycles. The van der Waals surface area contributed by atoms with Crippen LogP contribution in [-0.4, -0.2) is 52.3 Å². The smallest absolute Gasteiger partial charge is 0.126 e. The van der Waals surface area contributed by atoms with E-state index in [2.05, 4.69) is 41.4 Å². The van der Waals surface area contributed by atoms with Crippen LogP contribution in [-0.2, 0) is 6.42 Å². The number of likely N-dealkylation sites (tertiary alicyclic amines) is 1. The Morgan fingerprint density at radius 3 is 2.50 bits per heavy atom. The largest absolute Gasteiger partial charge is 0.497 e. The Morgan fingerprint density at radius 2 is 1.80 bits per heavy atom. The molecule has 0 atom stereocenters. The lowest BCUT2D eigenvalue weighted by atomic mass is 9.87. The van der Waals surface area contributed by atoms with Crippen LogP contribution in [0.3, 0.4) is 0 Å². The van der Waals surface area contributed by atoms with Crippen LogP contribution in [0.25, 0.3) is 11.1 Å². The third-order valence-electron chi connectivity index (χ3n) is 6.83. The van der Waals surface area contributed by atoms with Crippen LogP contribution < -0.4 is 14.8 Å². The van der Waals surface area contributed by atoms with Crippen LogP contribution in [0.15, 0.2) is 36.4 Å². The van der Waals surface area contributed by atoms with E-state index < -0.39 is 0 Å². The summed E-state index contributed by atoms with van der Waals surface area (Å²) in [6, 6.07) is 13.2. The molecule has 2 aromatic rings. The highest BCUT2D eigenvalue weighted by atomic mass is 16.5. The maximum Gasteiger partial charge on any atom is 0.126 e. The van der Waals surface area contributed by atoms with Crippen LogP contribution in [0, 0.1) is 0 Å². The number of fused-ring (bicyclic) bond motifs is 1. The molecule has 30 heavy (non-hydrogen) atoms. The summed E-state index contributed by atoms with van der Waals surface area (Å²) in [4.78, 5) is 2.58. The van der Waals surface area contributed by atoms with Crippen molar-refractivity contribution in [1.29, 1.82) is 0 Å². The van der Waals surface area contributed by atoms with Crippen molar-refractivity contribution in [3.8, 4) is 11.5 Å². The highest BCUT2D eigenvalue weighted by Crippen LogP contribution is 2.43. The van der Waals surface area contributed by atoms with E-state index in [4.69, 9.17) is 9.47 Å². The summed E-state index contributed by atoms with van der Waals surface area (Å²) < 4.78 is 11.1. The number of rotatable bonds is 7. The molecule has 0 amide bonds. The molecule has 1 heterocycles. The summed E-state index contributed by atoms with van der Waals surface area (Å²) in [6.07, 6.45) is 3.46.